The smallest absolute Gasteiger partial charge is 0.0616 e. The molecule has 16 aromatic rings. The van der Waals surface area contributed by atoms with Crippen LogP contribution >= 0.6 is 0 Å². The van der Waals surface area contributed by atoms with Gasteiger partial charge in [0.25, 0.3) is 0 Å². The topological polar surface area (TPSA) is 0 Å². The fourth-order valence-corrected chi connectivity index (χ4v) is 9.38. The van der Waals surface area contributed by atoms with Crippen molar-refractivity contribution in [3.05, 3.63) is 314 Å². The Balaban J connectivity index is 0.000000201. The van der Waals surface area contributed by atoms with E-state index in [4.69, 9.17) is 46.6 Å². The molecule has 0 saturated heterocycles. The number of rotatable bonds is 6. The third-order valence-electron chi connectivity index (χ3n) is 12.8. The van der Waals surface area contributed by atoms with Gasteiger partial charge >= 0.3 is 0 Å². The average molecular weight is 1060 g/mol. The van der Waals surface area contributed by atoms with Gasteiger partial charge in [-0.3, -0.25) is 0 Å². The maximum absolute atomic E-state index is 9.74. The number of hydrogen-bond acceptors (Lipinski definition) is 0. The summed E-state index contributed by atoms with van der Waals surface area (Å²) < 4.78 is 452. The van der Waals surface area contributed by atoms with Crippen molar-refractivity contribution >= 4 is 86.2 Å². The third-order valence-corrected chi connectivity index (χ3v) is 12.8. The monoisotopic (exact) mass is 1060 g/mol. The summed E-state index contributed by atoms with van der Waals surface area (Å²) in [5, 5.41) is -10.2. The van der Waals surface area contributed by atoms with Crippen molar-refractivity contribution in [2.45, 2.75) is 0 Å². The first-order valence-corrected chi connectivity index (χ1v) is 23.6. The molecule has 0 saturated carbocycles. The summed E-state index contributed by atoms with van der Waals surface area (Å²) >= 11 is 0. The van der Waals surface area contributed by atoms with Crippen molar-refractivity contribution in [2.75, 3.05) is 0 Å². The summed E-state index contributed by atoms with van der Waals surface area (Å²) in [6.07, 6.45) is 0. The maximum atomic E-state index is 9.74. The Bertz CT molecular complexity index is 7980. The first kappa shape index (κ1) is 18.1. The standard InChI is InChI=1S/2C40H26/c1-3-18-31-27(12-1)14-10-24-33(31)29-16-9-17-30(26-29)39-35-20-5-7-22-37(35)40(38-23-8-6-21-36(38)39)34-25-11-15-28-13-2-4-19-32(28)34;1-2-12-31-26-32(25-20-27(31)10-1)40-37-17-7-5-15-35(37)39(36-16-6-8-18-38(36)40)30-23-21-29(22-24-30)34-19-9-13-28-11-3-4-14-33(28)34/h2*1-26H/i1D,2D,3D,4D,5D,6D,7D,8D,9D,10D,11D,12D,13D,14D,15D,17D,18D,19D,20D,21D,22D,23D,24D,25D,26D;1D,2D,3D,4D,5D,6D,7D,8D,9D,10D,11D,12D,13D,14D,15D,16D,17D,18D,19D,20D,21D,22D,23D,24D,25D,26D. The van der Waals surface area contributed by atoms with Crippen molar-refractivity contribution in [3.63, 3.8) is 0 Å². The zero-order chi connectivity index (χ0) is 97.3. The number of fused-ring (bicyclic) bond motifs is 8. The first-order chi connectivity index (χ1) is 60.9. The molecule has 0 heterocycles. The molecule has 0 amide bonds. The Hall–Kier alpha value is -10.4. The molecular formula is C80H52. The molecule has 0 nitrogen and oxygen atoms in total. The van der Waals surface area contributed by atoms with Gasteiger partial charge in [0.1, 0.15) is 0 Å². The second-order valence-corrected chi connectivity index (χ2v) is 17.1. The van der Waals surface area contributed by atoms with Gasteiger partial charge in [0, 0.05) is 0 Å². The molecule has 0 N–H and O–H groups in total. The van der Waals surface area contributed by atoms with Crippen LogP contribution in [0.2, 0.25) is 0 Å². The Morgan fingerprint density at radius 3 is 0.950 bits per heavy atom. The van der Waals surface area contributed by atoms with Gasteiger partial charge in [0.05, 0.1) is 69.9 Å². The lowest BCUT2D eigenvalue weighted by molar-refractivity contribution is 1.63. The van der Waals surface area contributed by atoms with E-state index in [0.717, 1.165) is 6.07 Å². The Labute approximate surface area is 537 Å². The molecule has 0 aliphatic carbocycles. The normalized spacial score (nSPS) is 20.4. The van der Waals surface area contributed by atoms with E-state index in [2.05, 4.69) is 0 Å². The van der Waals surface area contributed by atoms with Crippen LogP contribution in [0.3, 0.4) is 0 Å². The van der Waals surface area contributed by atoms with Gasteiger partial charge in [-0.2, -0.15) is 0 Å². The van der Waals surface area contributed by atoms with Crippen LogP contribution in [0.4, 0.5) is 0 Å². The van der Waals surface area contributed by atoms with Crippen molar-refractivity contribution in [1.29, 1.82) is 0 Å². The molecule has 0 bridgehead atoms. The SMILES string of the molecule is [2H]c1c([2H])c(-c2c3c([2H])c([2H])c([2H])c([2H])c3c(-c3c([2H])c([2H])c4c([2H])c([2H])c([2H])c([2H])c4c3[2H])c3c([2H])c([2H])c([2H])c([2H])c23)c([2H])c([2H])c1-c1c([2H])c([2H])c([2H])c2c([2H])c([2H])c([2H])c([2H])c12.[2H]c1cc(-c2c([2H])c([2H])c([2H])c3c([2H])c([2H])c([2H])c([2H])c23)c([2H])c(-c2c3c([2H])c([2H])c([2H])c([2H])c3c(-c3c([2H])c([2H])c([2H])c4c([2H])c([2H])c([2H])c([2H])c34)c3c([2H])c([2H])c([2H])c([2H])c23)c1[2H]. The summed E-state index contributed by atoms with van der Waals surface area (Å²) in [7, 11) is 0. The van der Waals surface area contributed by atoms with Gasteiger partial charge in [0.2, 0.25) is 0 Å². The van der Waals surface area contributed by atoms with Gasteiger partial charge < -0.3 is 0 Å². The van der Waals surface area contributed by atoms with Crippen LogP contribution in [-0.4, -0.2) is 0 Å². The lowest BCUT2D eigenvalue weighted by Gasteiger charge is -2.19. The molecule has 0 radical (unpaired) electrons. The Morgan fingerprint density at radius 2 is 0.475 bits per heavy atom. The summed E-state index contributed by atoms with van der Waals surface area (Å²) in [6.45, 7) is 0. The van der Waals surface area contributed by atoms with Crippen LogP contribution in [-0.2, 0) is 0 Å². The summed E-state index contributed by atoms with van der Waals surface area (Å²) in [6, 6.07) is -45.1. The van der Waals surface area contributed by atoms with Crippen molar-refractivity contribution in [2.24, 2.45) is 0 Å². The second-order valence-electron chi connectivity index (χ2n) is 17.1. The zero-order valence-electron chi connectivity index (χ0n) is 91.1. The van der Waals surface area contributed by atoms with Crippen LogP contribution in [0.25, 0.3) is 153 Å². The van der Waals surface area contributed by atoms with Crippen molar-refractivity contribution < 1.29 is 69.9 Å². The molecule has 16 rings (SSSR count). The molecule has 372 valence electrons. The highest BCUT2D eigenvalue weighted by molar-refractivity contribution is 6.24. The summed E-state index contributed by atoms with van der Waals surface area (Å²) in [4.78, 5) is 0. The van der Waals surface area contributed by atoms with E-state index in [1.165, 1.54) is 0 Å². The molecule has 80 heavy (non-hydrogen) atoms. The van der Waals surface area contributed by atoms with Crippen LogP contribution in [0.15, 0.2) is 314 Å². The minimum atomic E-state index is -1.08. The highest BCUT2D eigenvalue weighted by atomic mass is 14.2. The molecule has 0 aliphatic heterocycles. The van der Waals surface area contributed by atoms with E-state index in [1.54, 1.807) is 0 Å². The molecule has 0 heteroatoms. The van der Waals surface area contributed by atoms with E-state index in [9.17, 15) is 23.3 Å². The Kier molecular flexibility index (Phi) is 4.49. The van der Waals surface area contributed by atoms with E-state index < -0.39 is 461 Å². The van der Waals surface area contributed by atoms with Gasteiger partial charge in [-0.25, -0.2) is 0 Å². The minimum Gasteiger partial charge on any atom is -0.0616 e. The number of hydrogen-bond donors (Lipinski definition) is 0. The fraction of sp³-hybridized carbons (Fsp3) is 0. The van der Waals surface area contributed by atoms with Gasteiger partial charge in [-0.05, 0) is 165 Å². The van der Waals surface area contributed by atoms with Crippen LogP contribution < -0.4 is 0 Å². The van der Waals surface area contributed by atoms with E-state index in [1.807, 2.05) is 0 Å². The molecule has 0 unspecified atom stereocenters. The average Bonchev–Trinajstić information content (AvgIpc) is 0.685. The lowest BCUT2D eigenvalue weighted by Crippen LogP contribution is -1.92. The first-order valence-electron chi connectivity index (χ1n) is 49.1. The van der Waals surface area contributed by atoms with E-state index in [0.29, 0.717) is 0 Å². The maximum Gasteiger partial charge on any atom is 0.0636 e. The summed E-state index contributed by atoms with van der Waals surface area (Å²) in [5.41, 5.74) is -8.44. The highest BCUT2D eigenvalue weighted by Crippen LogP contribution is 2.47. The molecule has 16 aromatic carbocycles. The highest BCUT2D eigenvalue weighted by Gasteiger charge is 2.20. The van der Waals surface area contributed by atoms with Crippen LogP contribution in [0.1, 0.15) is 69.9 Å². The molecule has 0 aromatic heterocycles. The predicted octanol–water partition coefficient (Wildman–Crippen LogP) is 22.6. The van der Waals surface area contributed by atoms with Crippen molar-refractivity contribution in [1.82, 2.24) is 0 Å². The predicted molar refractivity (Wildman–Crippen MR) is 346 cm³/mol. The molecule has 0 spiro atoms. The number of benzene rings is 16. The molecule has 0 atom stereocenters. The minimum absolute atomic E-state index is 0.518. The molecule has 0 fully saturated rings. The van der Waals surface area contributed by atoms with Gasteiger partial charge in [0.15, 0.2) is 0 Å². The van der Waals surface area contributed by atoms with Crippen LogP contribution in [0, 0.1) is 0 Å². The van der Waals surface area contributed by atoms with Crippen molar-refractivity contribution in [3.8, 4) is 66.8 Å². The fourth-order valence-electron chi connectivity index (χ4n) is 9.38. The van der Waals surface area contributed by atoms with E-state index >= 15 is 0 Å². The lowest BCUT2D eigenvalue weighted by atomic mass is 9.84. The second kappa shape index (κ2) is 19.9. The third kappa shape index (κ3) is 8.08. The van der Waals surface area contributed by atoms with Gasteiger partial charge in [-0.15, -0.1) is 0 Å². The van der Waals surface area contributed by atoms with Crippen LogP contribution in [0.5, 0.6) is 0 Å². The van der Waals surface area contributed by atoms with Gasteiger partial charge in [-0.1, -0.05) is 302 Å². The quantitative estimate of drug-likeness (QED) is 0.146. The Morgan fingerprint density at radius 1 is 0.163 bits per heavy atom. The van der Waals surface area contributed by atoms with E-state index in [-0.39, 0.29) is 0 Å². The molecule has 0 aliphatic rings. The molecular weight excluding hydrogens is 961 g/mol. The summed E-state index contributed by atoms with van der Waals surface area (Å²) in [5.74, 6) is 0. The largest absolute Gasteiger partial charge is 0.0636 e. The zero-order valence-corrected chi connectivity index (χ0v) is 40.1.